The van der Waals surface area contributed by atoms with Crippen molar-refractivity contribution in [2.45, 2.75) is 6.10 Å². The van der Waals surface area contributed by atoms with Crippen molar-refractivity contribution in [1.29, 1.82) is 0 Å². The van der Waals surface area contributed by atoms with Crippen LogP contribution >= 0.6 is 0 Å². The second kappa shape index (κ2) is 4.50. The predicted molar refractivity (Wildman–Crippen MR) is 57.9 cm³/mol. The summed E-state index contributed by atoms with van der Waals surface area (Å²) >= 11 is 0. The Hall–Kier alpha value is -1.95. The van der Waals surface area contributed by atoms with Gasteiger partial charge in [0.1, 0.15) is 5.69 Å². The van der Waals surface area contributed by atoms with Crippen molar-refractivity contribution >= 4 is 11.9 Å². The summed E-state index contributed by atoms with van der Waals surface area (Å²) in [6, 6.07) is 2.79. The molecule has 1 N–H and O–H groups in total. The summed E-state index contributed by atoms with van der Waals surface area (Å²) in [6.07, 6.45) is 1.41. The maximum absolute atomic E-state index is 11.9. The Labute approximate surface area is 97.8 Å². The number of amides is 1. The number of hydrogen-bond acceptors (Lipinski definition) is 4. The molecule has 1 aromatic rings. The number of rotatable bonds is 3. The van der Waals surface area contributed by atoms with Crippen molar-refractivity contribution in [2.24, 2.45) is 0 Å². The number of hydrogen-bond donors (Lipinski definition) is 1. The van der Waals surface area contributed by atoms with Crippen molar-refractivity contribution in [3.8, 4) is 0 Å². The van der Waals surface area contributed by atoms with Crippen molar-refractivity contribution in [3.63, 3.8) is 0 Å². The van der Waals surface area contributed by atoms with Crippen LogP contribution in [0.15, 0.2) is 18.3 Å². The molecule has 0 radical (unpaired) electrons. The molecule has 2 rings (SSSR count). The highest BCUT2D eigenvalue weighted by Gasteiger charge is 2.31. The third kappa shape index (κ3) is 2.26. The van der Waals surface area contributed by atoms with Crippen LogP contribution in [0.5, 0.6) is 0 Å². The number of carbonyl (C=O) groups excluding carboxylic acids is 1. The number of carboxylic acid groups (broad SMARTS) is 1. The van der Waals surface area contributed by atoms with Crippen LogP contribution in [0.4, 0.5) is 0 Å². The minimum atomic E-state index is -1.14. The van der Waals surface area contributed by atoms with Crippen molar-refractivity contribution in [2.75, 3.05) is 20.2 Å². The summed E-state index contributed by atoms with van der Waals surface area (Å²) in [5.74, 6) is -1.33. The van der Waals surface area contributed by atoms with Gasteiger partial charge in [0.15, 0.2) is 0 Å². The van der Waals surface area contributed by atoms with Gasteiger partial charge in [-0.05, 0) is 12.1 Å². The fourth-order valence-corrected chi connectivity index (χ4v) is 1.62. The molecule has 6 heteroatoms. The van der Waals surface area contributed by atoms with Gasteiger partial charge in [0.25, 0.3) is 5.91 Å². The standard InChI is InChI=1S/C11H12N2O4/c1-17-8-5-13(6-8)10(14)7-2-3-12-9(4-7)11(15)16/h2-4,8H,5-6H2,1H3,(H,15,16). The molecule has 1 fully saturated rings. The lowest BCUT2D eigenvalue weighted by molar-refractivity contribution is -0.0192. The van der Waals surface area contributed by atoms with Gasteiger partial charge in [-0.25, -0.2) is 9.78 Å². The molecule has 0 atom stereocenters. The minimum Gasteiger partial charge on any atom is -0.477 e. The summed E-state index contributed by atoms with van der Waals surface area (Å²) < 4.78 is 5.06. The normalized spacial score (nSPS) is 15.5. The molecule has 0 saturated carbocycles. The van der Waals surface area contributed by atoms with E-state index in [0.717, 1.165) is 0 Å². The van der Waals surface area contributed by atoms with E-state index in [1.54, 1.807) is 12.0 Å². The van der Waals surface area contributed by atoms with Crippen LogP contribution in [0.2, 0.25) is 0 Å². The summed E-state index contributed by atoms with van der Waals surface area (Å²) in [7, 11) is 1.60. The molecule has 1 aliphatic rings. The van der Waals surface area contributed by atoms with Crippen LogP contribution in [0.25, 0.3) is 0 Å². The van der Waals surface area contributed by atoms with E-state index in [-0.39, 0.29) is 17.7 Å². The highest BCUT2D eigenvalue weighted by molar-refractivity contribution is 5.97. The Kier molecular flexibility index (Phi) is 3.06. The van der Waals surface area contributed by atoms with Crippen LogP contribution in [0.3, 0.4) is 0 Å². The highest BCUT2D eigenvalue weighted by Crippen LogP contribution is 2.15. The highest BCUT2D eigenvalue weighted by atomic mass is 16.5. The third-order valence-corrected chi connectivity index (χ3v) is 2.69. The number of carbonyl (C=O) groups is 2. The average molecular weight is 236 g/mol. The molecule has 6 nitrogen and oxygen atoms in total. The second-order valence-corrected chi connectivity index (χ2v) is 3.80. The topological polar surface area (TPSA) is 79.7 Å². The van der Waals surface area contributed by atoms with E-state index in [2.05, 4.69) is 4.98 Å². The molecule has 0 aliphatic carbocycles. The lowest BCUT2D eigenvalue weighted by Crippen LogP contribution is -2.54. The third-order valence-electron chi connectivity index (χ3n) is 2.69. The predicted octanol–water partition coefficient (Wildman–Crippen LogP) is 0.251. The van der Waals surface area contributed by atoms with E-state index in [0.29, 0.717) is 18.7 Å². The number of aromatic nitrogens is 1. The molecular formula is C11H12N2O4. The molecule has 0 bridgehead atoms. The van der Waals surface area contributed by atoms with Gasteiger partial charge >= 0.3 is 5.97 Å². The molecule has 2 heterocycles. The van der Waals surface area contributed by atoms with E-state index in [1.807, 2.05) is 0 Å². The van der Waals surface area contributed by atoms with Crippen LogP contribution in [0, 0.1) is 0 Å². The first-order valence-corrected chi connectivity index (χ1v) is 5.13. The average Bonchev–Trinajstić information content (AvgIpc) is 2.27. The lowest BCUT2D eigenvalue weighted by Gasteiger charge is -2.38. The number of carboxylic acids is 1. The fourth-order valence-electron chi connectivity index (χ4n) is 1.62. The van der Waals surface area contributed by atoms with Crippen LogP contribution in [0.1, 0.15) is 20.8 Å². The SMILES string of the molecule is COC1CN(C(=O)c2ccnc(C(=O)O)c2)C1. The zero-order valence-corrected chi connectivity index (χ0v) is 9.29. The van der Waals surface area contributed by atoms with Gasteiger partial charge in [0, 0.05) is 32.0 Å². The molecule has 0 spiro atoms. The van der Waals surface area contributed by atoms with Gasteiger partial charge in [-0.1, -0.05) is 0 Å². The smallest absolute Gasteiger partial charge is 0.354 e. The van der Waals surface area contributed by atoms with Gasteiger partial charge in [0.05, 0.1) is 6.10 Å². The van der Waals surface area contributed by atoms with Gasteiger partial charge in [-0.15, -0.1) is 0 Å². The summed E-state index contributed by atoms with van der Waals surface area (Å²) in [5, 5.41) is 8.77. The first kappa shape index (κ1) is 11.5. The summed E-state index contributed by atoms with van der Waals surface area (Å²) in [4.78, 5) is 27.9. The fraction of sp³-hybridized carbons (Fsp3) is 0.364. The van der Waals surface area contributed by atoms with Crippen molar-refractivity contribution in [1.82, 2.24) is 9.88 Å². The number of ether oxygens (including phenoxy) is 1. The molecule has 1 aliphatic heterocycles. The summed E-state index contributed by atoms with van der Waals surface area (Å²) in [6.45, 7) is 1.08. The Morgan fingerprint density at radius 1 is 1.53 bits per heavy atom. The second-order valence-electron chi connectivity index (χ2n) is 3.80. The first-order chi connectivity index (χ1) is 8.11. The molecular weight excluding hydrogens is 224 g/mol. The van der Waals surface area contributed by atoms with Crippen LogP contribution < -0.4 is 0 Å². The van der Waals surface area contributed by atoms with Crippen LogP contribution in [-0.4, -0.2) is 53.2 Å². The molecule has 1 aromatic heterocycles. The monoisotopic (exact) mass is 236 g/mol. The number of likely N-dealkylation sites (tertiary alicyclic amines) is 1. The maximum atomic E-state index is 11.9. The van der Waals surface area contributed by atoms with E-state index in [9.17, 15) is 9.59 Å². The van der Waals surface area contributed by atoms with Gasteiger partial charge in [-0.2, -0.15) is 0 Å². The Morgan fingerprint density at radius 2 is 2.24 bits per heavy atom. The Morgan fingerprint density at radius 3 is 2.82 bits per heavy atom. The maximum Gasteiger partial charge on any atom is 0.354 e. The first-order valence-electron chi connectivity index (χ1n) is 5.13. The molecule has 1 saturated heterocycles. The molecule has 90 valence electrons. The van der Waals surface area contributed by atoms with E-state index >= 15 is 0 Å². The largest absolute Gasteiger partial charge is 0.477 e. The Balaban J connectivity index is 2.10. The van der Waals surface area contributed by atoms with Crippen molar-refractivity contribution < 1.29 is 19.4 Å². The van der Waals surface area contributed by atoms with E-state index in [4.69, 9.17) is 9.84 Å². The zero-order valence-electron chi connectivity index (χ0n) is 9.29. The zero-order chi connectivity index (χ0) is 12.4. The number of aromatic carboxylic acids is 1. The minimum absolute atomic E-state index is 0.0831. The molecule has 17 heavy (non-hydrogen) atoms. The van der Waals surface area contributed by atoms with Gasteiger partial charge < -0.3 is 14.7 Å². The summed E-state index contributed by atoms with van der Waals surface area (Å²) in [5.41, 5.74) is 0.214. The molecule has 1 amide bonds. The van der Waals surface area contributed by atoms with Crippen LogP contribution in [-0.2, 0) is 4.74 Å². The number of pyridine rings is 1. The van der Waals surface area contributed by atoms with Gasteiger partial charge in [0.2, 0.25) is 0 Å². The lowest BCUT2D eigenvalue weighted by atomic mass is 10.1. The quantitative estimate of drug-likeness (QED) is 0.813. The van der Waals surface area contributed by atoms with Gasteiger partial charge in [-0.3, -0.25) is 4.79 Å². The molecule has 0 unspecified atom stereocenters. The molecule has 0 aromatic carbocycles. The number of nitrogens with zero attached hydrogens (tertiary/aromatic N) is 2. The number of methoxy groups -OCH3 is 1. The van der Waals surface area contributed by atoms with E-state index < -0.39 is 5.97 Å². The van der Waals surface area contributed by atoms with E-state index in [1.165, 1.54) is 18.3 Å². The van der Waals surface area contributed by atoms with Crippen molar-refractivity contribution in [3.05, 3.63) is 29.6 Å². The Bertz CT molecular complexity index is 455.